The summed E-state index contributed by atoms with van der Waals surface area (Å²) in [4.78, 5) is 47.0. The zero-order valence-corrected chi connectivity index (χ0v) is 17.9. The monoisotopic (exact) mass is 438 g/mol. The van der Waals surface area contributed by atoms with Crippen molar-refractivity contribution in [2.75, 3.05) is 0 Å². The standard InChI is InChI=1S/C18H30O8S2/c1-3-5-7-11(13(19)20)17(27,15(23)24)9-10-18(28,16(25)26)12(14(21)22)8-6-4-2/h11-12,27-28H,3-10H2,1-2H3,(H,19,20)(H,21,22)(H,23,24)(H,25,26). The van der Waals surface area contributed by atoms with Crippen molar-refractivity contribution < 1.29 is 39.6 Å². The van der Waals surface area contributed by atoms with Crippen molar-refractivity contribution in [2.45, 2.75) is 74.7 Å². The van der Waals surface area contributed by atoms with Crippen LogP contribution in [0.5, 0.6) is 0 Å². The van der Waals surface area contributed by atoms with Crippen LogP contribution in [0, 0.1) is 11.8 Å². The van der Waals surface area contributed by atoms with Crippen LogP contribution >= 0.6 is 25.3 Å². The van der Waals surface area contributed by atoms with E-state index in [2.05, 4.69) is 25.3 Å². The number of hydrogen-bond acceptors (Lipinski definition) is 6. The Bertz CT molecular complexity index is 532. The Morgan fingerprint density at radius 2 is 1.00 bits per heavy atom. The first kappa shape index (κ1) is 26.6. The molecule has 0 rings (SSSR count). The van der Waals surface area contributed by atoms with Crippen LogP contribution in [0.3, 0.4) is 0 Å². The number of carbonyl (C=O) groups is 4. The van der Waals surface area contributed by atoms with E-state index in [0.717, 1.165) is 0 Å². The number of hydrogen-bond donors (Lipinski definition) is 6. The molecule has 0 fully saturated rings. The molecule has 0 saturated carbocycles. The number of carboxylic acid groups (broad SMARTS) is 4. The number of aliphatic carboxylic acids is 4. The Morgan fingerprint density at radius 3 is 1.18 bits per heavy atom. The number of unbranched alkanes of at least 4 members (excludes halogenated alkanes) is 2. The van der Waals surface area contributed by atoms with Gasteiger partial charge in [0.2, 0.25) is 0 Å². The third kappa shape index (κ3) is 6.58. The Labute approximate surface area is 175 Å². The lowest BCUT2D eigenvalue weighted by Crippen LogP contribution is -2.49. The molecule has 10 heteroatoms. The minimum atomic E-state index is -2.04. The highest BCUT2D eigenvalue weighted by atomic mass is 32.1. The normalized spacial score (nSPS) is 17.7. The molecule has 0 aliphatic rings. The van der Waals surface area contributed by atoms with E-state index >= 15 is 0 Å². The second-order valence-corrected chi connectivity index (χ2v) is 8.62. The topological polar surface area (TPSA) is 149 Å². The molecule has 4 unspecified atom stereocenters. The first-order valence-corrected chi connectivity index (χ1v) is 10.1. The zero-order valence-electron chi connectivity index (χ0n) is 16.1. The van der Waals surface area contributed by atoms with Crippen molar-refractivity contribution in [3.8, 4) is 0 Å². The summed E-state index contributed by atoms with van der Waals surface area (Å²) in [6.07, 6.45) is 1.46. The molecule has 0 amide bonds. The summed E-state index contributed by atoms with van der Waals surface area (Å²) in [6, 6.07) is 0. The average Bonchev–Trinajstić information content (AvgIpc) is 2.59. The van der Waals surface area contributed by atoms with Crippen LogP contribution in [-0.4, -0.2) is 53.8 Å². The van der Waals surface area contributed by atoms with Gasteiger partial charge in [0, 0.05) is 0 Å². The van der Waals surface area contributed by atoms with Crippen molar-refractivity contribution in [3.05, 3.63) is 0 Å². The summed E-state index contributed by atoms with van der Waals surface area (Å²) < 4.78 is -4.09. The number of carboxylic acids is 4. The quantitative estimate of drug-likeness (QED) is 0.214. The van der Waals surface area contributed by atoms with Crippen LogP contribution < -0.4 is 0 Å². The second-order valence-electron chi connectivity index (χ2n) is 7.02. The van der Waals surface area contributed by atoms with Crippen LogP contribution in [0.2, 0.25) is 0 Å². The molecular formula is C18H30O8S2. The third-order valence-corrected chi connectivity index (χ3v) is 6.52. The van der Waals surface area contributed by atoms with E-state index in [4.69, 9.17) is 0 Å². The smallest absolute Gasteiger partial charge is 0.320 e. The van der Waals surface area contributed by atoms with Gasteiger partial charge in [-0.15, -0.1) is 0 Å². The van der Waals surface area contributed by atoms with Crippen LogP contribution in [0.1, 0.15) is 65.2 Å². The van der Waals surface area contributed by atoms with E-state index in [1.807, 2.05) is 13.8 Å². The molecular weight excluding hydrogens is 408 g/mol. The van der Waals surface area contributed by atoms with E-state index in [9.17, 15) is 39.6 Å². The van der Waals surface area contributed by atoms with Crippen molar-refractivity contribution in [3.63, 3.8) is 0 Å². The second kappa shape index (κ2) is 11.5. The fourth-order valence-electron chi connectivity index (χ4n) is 3.19. The molecule has 0 aromatic carbocycles. The maximum Gasteiger partial charge on any atom is 0.320 e. The number of thiol groups is 2. The van der Waals surface area contributed by atoms with Gasteiger partial charge in [0.05, 0.1) is 11.8 Å². The van der Waals surface area contributed by atoms with Gasteiger partial charge in [-0.2, -0.15) is 25.3 Å². The summed E-state index contributed by atoms with van der Waals surface area (Å²) in [5.74, 6) is -8.35. The van der Waals surface area contributed by atoms with Gasteiger partial charge in [0.1, 0.15) is 9.49 Å². The molecule has 0 aromatic heterocycles. The summed E-state index contributed by atoms with van der Waals surface area (Å²) >= 11 is 8.27. The zero-order chi connectivity index (χ0) is 22.1. The molecule has 162 valence electrons. The summed E-state index contributed by atoms with van der Waals surface area (Å²) in [5, 5.41) is 38.3. The average molecular weight is 439 g/mol. The van der Waals surface area contributed by atoms with E-state index in [1.165, 1.54) is 0 Å². The maximum absolute atomic E-state index is 11.9. The Kier molecular flexibility index (Phi) is 11.0. The molecule has 0 aliphatic carbocycles. The van der Waals surface area contributed by atoms with Gasteiger partial charge in [-0.1, -0.05) is 39.5 Å². The van der Waals surface area contributed by atoms with Gasteiger partial charge in [0.15, 0.2) is 0 Å². The van der Waals surface area contributed by atoms with Gasteiger partial charge in [-0.25, -0.2) is 0 Å². The molecule has 0 heterocycles. The minimum absolute atomic E-state index is 0.0620. The van der Waals surface area contributed by atoms with Crippen molar-refractivity contribution in [2.24, 2.45) is 11.8 Å². The molecule has 0 radical (unpaired) electrons. The molecule has 4 atom stereocenters. The van der Waals surface area contributed by atoms with Crippen molar-refractivity contribution >= 4 is 49.1 Å². The lowest BCUT2D eigenvalue weighted by molar-refractivity contribution is -0.154. The van der Waals surface area contributed by atoms with Gasteiger partial charge < -0.3 is 20.4 Å². The van der Waals surface area contributed by atoms with Gasteiger partial charge >= 0.3 is 23.9 Å². The van der Waals surface area contributed by atoms with E-state index in [0.29, 0.717) is 25.7 Å². The van der Waals surface area contributed by atoms with Crippen LogP contribution in [-0.2, 0) is 19.2 Å². The minimum Gasteiger partial charge on any atom is -0.481 e. The maximum atomic E-state index is 11.9. The SMILES string of the molecule is CCCCC(C(=O)O)C(S)(CCC(S)(C(=O)O)C(CCCC)C(=O)O)C(=O)O. The first-order chi connectivity index (χ1) is 12.9. The van der Waals surface area contributed by atoms with Crippen LogP contribution in [0.4, 0.5) is 0 Å². The van der Waals surface area contributed by atoms with Gasteiger partial charge in [-0.3, -0.25) is 19.2 Å². The van der Waals surface area contributed by atoms with Crippen LogP contribution in [0.25, 0.3) is 0 Å². The first-order valence-electron chi connectivity index (χ1n) is 9.25. The Morgan fingerprint density at radius 1 is 0.714 bits per heavy atom. The summed E-state index contributed by atoms with van der Waals surface area (Å²) in [5.41, 5.74) is 0. The van der Waals surface area contributed by atoms with Crippen molar-refractivity contribution in [1.29, 1.82) is 0 Å². The lowest BCUT2D eigenvalue weighted by atomic mass is 9.77. The van der Waals surface area contributed by atoms with Gasteiger partial charge in [-0.05, 0) is 25.7 Å². The Balaban J connectivity index is 5.85. The molecule has 28 heavy (non-hydrogen) atoms. The molecule has 4 N–H and O–H groups in total. The summed E-state index contributed by atoms with van der Waals surface area (Å²) in [6.45, 7) is 3.66. The van der Waals surface area contributed by atoms with Crippen molar-refractivity contribution in [1.82, 2.24) is 0 Å². The molecule has 0 saturated heterocycles. The molecule has 0 aliphatic heterocycles. The fourth-order valence-corrected chi connectivity index (χ4v) is 3.89. The van der Waals surface area contributed by atoms with Crippen LogP contribution in [0.15, 0.2) is 0 Å². The molecule has 8 nitrogen and oxygen atoms in total. The third-order valence-electron chi connectivity index (χ3n) is 5.07. The van der Waals surface area contributed by atoms with Gasteiger partial charge in [0.25, 0.3) is 0 Å². The highest BCUT2D eigenvalue weighted by Gasteiger charge is 2.52. The molecule has 0 aromatic rings. The lowest BCUT2D eigenvalue weighted by Gasteiger charge is -2.35. The summed E-state index contributed by atoms with van der Waals surface area (Å²) in [7, 11) is 0. The van der Waals surface area contributed by atoms with E-state index in [1.54, 1.807) is 0 Å². The molecule has 0 spiro atoms. The number of rotatable bonds is 15. The largest absolute Gasteiger partial charge is 0.481 e. The fraction of sp³-hybridized carbons (Fsp3) is 0.778. The van der Waals surface area contributed by atoms with E-state index < -0.39 is 58.0 Å². The highest BCUT2D eigenvalue weighted by Crippen LogP contribution is 2.41. The van der Waals surface area contributed by atoms with E-state index in [-0.39, 0.29) is 12.8 Å². The molecule has 0 bridgehead atoms. The Hall–Kier alpha value is -1.42. The predicted octanol–water partition coefficient (Wildman–Crippen LogP) is 3.06. The predicted molar refractivity (Wildman–Crippen MR) is 109 cm³/mol. The highest BCUT2D eigenvalue weighted by molar-refractivity contribution is 7.83.